The first-order chi connectivity index (χ1) is 8.65. The Morgan fingerprint density at radius 1 is 1.44 bits per heavy atom. The van der Waals surface area contributed by atoms with Crippen molar-refractivity contribution in [3.05, 3.63) is 34.1 Å². The average molecular weight is 317 g/mol. The van der Waals surface area contributed by atoms with Crippen LogP contribution in [0.5, 0.6) is 0 Å². The zero-order valence-corrected chi connectivity index (χ0v) is 11.8. The molecule has 1 aromatic carbocycles. The predicted octanol–water partition coefficient (Wildman–Crippen LogP) is 3.97. The number of benzene rings is 1. The van der Waals surface area contributed by atoms with Gasteiger partial charge in [-0.3, -0.25) is 0 Å². The van der Waals surface area contributed by atoms with E-state index in [4.69, 9.17) is 4.74 Å². The van der Waals surface area contributed by atoms with Crippen LogP contribution in [-0.2, 0) is 4.74 Å². The summed E-state index contributed by atoms with van der Waals surface area (Å²) in [4.78, 5) is 0. The molecule has 0 spiro atoms. The third-order valence-corrected chi connectivity index (χ3v) is 3.76. The van der Waals surface area contributed by atoms with Gasteiger partial charge >= 0.3 is 0 Å². The van der Waals surface area contributed by atoms with Gasteiger partial charge in [0.15, 0.2) is 0 Å². The highest BCUT2D eigenvalue weighted by Gasteiger charge is 2.16. The van der Waals surface area contributed by atoms with E-state index in [1.54, 1.807) is 6.07 Å². The molecule has 2 atom stereocenters. The predicted molar refractivity (Wildman–Crippen MR) is 71.9 cm³/mol. The van der Waals surface area contributed by atoms with Gasteiger partial charge in [-0.2, -0.15) is 0 Å². The zero-order chi connectivity index (χ0) is 13.0. The Morgan fingerprint density at radius 3 is 2.94 bits per heavy atom. The molecule has 1 aliphatic rings. The molecule has 2 rings (SSSR count). The van der Waals surface area contributed by atoms with Gasteiger partial charge in [-0.15, -0.1) is 0 Å². The van der Waals surface area contributed by atoms with Crippen LogP contribution in [0.2, 0.25) is 0 Å². The standard InChI is InChI=1S/C14H18BrFO2/c15-11-7-10(8-12(16)9-11)14(17)5-1-3-13-4-2-6-18-13/h7-9,13-14,17H,1-6H2. The summed E-state index contributed by atoms with van der Waals surface area (Å²) >= 11 is 3.23. The quantitative estimate of drug-likeness (QED) is 0.890. The van der Waals surface area contributed by atoms with Crippen molar-refractivity contribution in [2.45, 2.75) is 44.3 Å². The topological polar surface area (TPSA) is 29.5 Å². The van der Waals surface area contributed by atoms with Crippen molar-refractivity contribution in [3.8, 4) is 0 Å². The number of rotatable bonds is 5. The molecule has 2 nitrogen and oxygen atoms in total. The maximum absolute atomic E-state index is 13.2. The third-order valence-electron chi connectivity index (χ3n) is 3.30. The Kier molecular flexibility index (Phi) is 5.15. The number of hydrogen-bond acceptors (Lipinski definition) is 2. The molecule has 1 aliphatic heterocycles. The van der Waals surface area contributed by atoms with E-state index in [-0.39, 0.29) is 5.82 Å². The van der Waals surface area contributed by atoms with Crippen LogP contribution >= 0.6 is 15.9 Å². The highest BCUT2D eigenvalue weighted by Crippen LogP contribution is 2.25. The summed E-state index contributed by atoms with van der Waals surface area (Å²) in [7, 11) is 0. The van der Waals surface area contributed by atoms with Gasteiger partial charge in [-0.05, 0) is 55.9 Å². The molecular formula is C14H18BrFO2. The molecule has 0 radical (unpaired) electrons. The van der Waals surface area contributed by atoms with Crippen LogP contribution in [0.3, 0.4) is 0 Å². The summed E-state index contributed by atoms with van der Waals surface area (Å²) in [5.74, 6) is -0.322. The molecule has 1 aromatic rings. The van der Waals surface area contributed by atoms with E-state index in [1.807, 2.05) is 0 Å². The van der Waals surface area contributed by atoms with Crippen molar-refractivity contribution in [2.24, 2.45) is 0 Å². The summed E-state index contributed by atoms with van der Waals surface area (Å²) in [5, 5.41) is 10.0. The number of aliphatic hydroxyl groups is 1. The van der Waals surface area contributed by atoms with E-state index in [1.165, 1.54) is 12.1 Å². The van der Waals surface area contributed by atoms with Crippen molar-refractivity contribution < 1.29 is 14.2 Å². The summed E-state index contributed by atoms with van der Waals surface area (Å²) < 4.78 is 19.4. The first-order valence-electron chi connectivity index (χ1n) is 6.41. The van der Waals surface area contributed by atoms with Crippen LogP contribution < -0.4 is 0 Å². The molecule has 18 heavy (non-hydrogen) atoms. The maximum Gasteiger partial charge on any atom is 0.124 e. The first kappa shape index (κ1) is 14.0. The van der Waals surface area contributed by atoms with Crippen LogP contribution in [0.4, 0.5) is 4.39 Å². The fourth-order valence-electron chi connectivity index (χ4n) is 2.35. The first-order valence-corrected chi connectivity index (χ1v) is 7.20. The molecule has 100 valence electrons. The Balaban J connectivity index is 1.81. The Morgan fingerprint density at radius 2 is 2.28 bits per heavy atom. The van der Waals surface area contributed by atoms with Gasteiger partial charge in [-0.1, -0.05) is 15.9 Å². The molecule has 0 saturated carbocycles. The molecular weight excluding hydrogens is 299 g/mol. The van der Waals surface area contributed by atoms with Gasteiger partial charge < -0.3 is 9.84 Å². The molecule has 0 amide bonds. The lowest BCUT2D eigenvalue weighted by molar-refractivity contribution is 0.0944. The van der Waals surface area contributed by atoms with E-state index < -0.39 is 6.10 Å². The van der Waals surface area contributed by atoms with Crippen molar-refractivity contribution in [2.75, 3.05) is 6.61 Å². The van der Waals surface area contributed by atoms with Crippen molar-refractivity contribution in [3.63, 3.8) is 0 Å². The molecule has 1 heterocycles. The van der Waals surface area contributed by atoms with Crippen LogP contribution in [0, 0.1) is 5.82 Å². The lowest BCUT2D eigenvalue weighted by atomic mass is 10.0. The van der Waals surface area contributed by atoms with Gasteiger partial charge in [0, 0.05) is 11.1 Å². The highest BCUT2D eigenvalue weighted by molar-refractivity contribution is 9.10. The Hall–Kier alpha value is -0.450. The monoisotopic (exact) mass is 316 g/mol. The fraction of sp³-hybridized carbons (Fsp3) is 0.571. The van der Waals surface area contributed by atoms with E-state index in [9.17, 15) is 9.50 Å². The second-order valence-corrected chi connectivity index (χ2v) is 5.70. The number of aliphatic hydroxyl groups excluding tert-OH is 1. The second-order valence-electron chi connectivity index (χ2n) is 4.78. The number of halogens is 2. The Bertz CT molecular complexity index is 371. The minimum absolute atomic E-state index is 0.322. The molecule has 0 bridgehead atoms. The third kappa shape index (κ3) is 4.04. The Labute approximate surface area is 115 Å². The summed E-state index contributed by atoms with van der Waals surface area (Å²) in [6, 6.07) is 4.55. The smallest absolute Gasteiger partial charge is 0.124 e. The van der Waals surface area contributed by atoms with Gasteiger partial charge in [0.2, 0.25) is 0 Å². The van der Waals surface area contributed by atoms with Crippen molar-refractivity contribution in [1.82, 2.24) is 0 Å². The molecule has 1 N–H and O–H groups in total. The van der Waals surface area contributed by atoms with Crippen molar-refractivity contribution in [1.29, 1.82) is 0 Å². The number of ether oxygens (including phenoxy) is 1. The van der Waals surface area contributed by atoms with Crippen molar-refractivity contribution >= 4 is 15.9 Å². The van der Waals surface area contributed by atoms with Gasteiger partial charge in [-0.25, -0.2) is 4.39 Å². The molecule has 4 heteroatoms. The van der Waals surface area contributed by atoms with Crippen LogP contribution in [0.15, 0.2) is 22.7 Å². The minimum Gasteiger partial charge on any atom is -0.388 e. The van der Waals surface area contributed by atoms with E-state index in [2.05, 4.69) is 15.9 Å². The molecule has 1 saturated heterocycles. The lowest BCUT2D eigenvalue weighted by Gasteiger charge is -2.13. The molecule has 0 aliphatic carbocycles. The average Bonchev–Trinajstić information content (AvgIpc) is 2.80. The van der Waals surface area contributed by atoms with E-state index in [0.717, 1.165) is 32.3 Å². The van der Waals surface area contributed by atoms with E-state index >= 15 is 0 Å². The lowest BCUT2D eigenvalue weighted by Crippen LogP contribution is -2.06. The summed E-state index contributed by atoms with van der Waals surface area (Å²) in [5.41, 5.74) is 0.634. The highest BCUT2D eigenvalue weighted by atomic mass is 79.9. The molecule has 2 unspecified atom stereocenters. The van der Waals surface area contributed by atoms with Gasteiger partial charge in [0.05, 0.1) is 12.2 Å². The van der Waals surface area contributed by atoms with Crippen LogP contribution in [0.1, 0.15) is 43.8 Å². The minimum atomic E-state index is -0.599. The fourth-order valence-corrected chi connectivity index (χ4v) is 2.83. The molecule has 1 fully saturated rings. The summed E-state index contributed by atoms with van der Waals surface area (Å²) in [6.07, 6.45) is 4.56. The van der Waals surface area contributed by atoms with E-state index in [0.29, 0.717) is 22.6 Å². The zero-order valence-electron chi connectivity index (χ0n) is 10.2. The molecule has 0 aromatic heterocycles. The summed E-state index contributed by atoms with van der Waals surface area (Å²) in [6.45, 7) is 0.865. The largest absolute Gasteiger partial charge is 0.388 e. The SMILES string of the molecule is OC(CCCC1CCCO1)c1cc(F)cc(Br)c1. The van der Waals surface area contributed by atoms with Gasteiger partial charge in [0.1, 0.15) is 5.82 Å². The second kappa shape index (κ2) is 6.64. The normalized spacial score (nSPS) is 21.2. The van der Waals surface area contributed by atoms with Gasteiger partial charge in [0.25, 0.3) is 0 Å². The van der Waals surface area contributed by atoms with Crippen LogP contribution in [-0.4, -0.2) is 17.8 Å². The maximum atomic E-state index is 13.2. The van der Waals surface area contributed by atoms with Crippen LogP contribution in [0.25, 0.3) is 0 Å². The number of hydrogen-bond donors (Lipinski definition) is 1.